The van der Waals surface area contributed by atoms with Crippen molar-refractivity contribution < 1.29 is 32.7 Å². The van der Waals surface area contributed by atoms with E-state index in [4.69, 9.17) is 0 Å². The van der Waals surface area contributed by atoms with E-state index in [1.165, 1.54) is 4.90 Å². The van der Waals surface area contributed by atoms with Crippen LogP contribution >= 0.6 is 0 Å². The molecule has 3 aromatic rings. The summed E-state index contributed by atoms with van der Waals surface area (Å²) < 4.78 is 41.8. The number of aryl methyl sites for hydroxylation is 2. The van der Waals surface area contributed by atoms with Gasteiger partial charge < -0.3 is 15.3 Å². The molecule has 0 aliphatic carbocycles. The molecule has 1 aliphatic heterocycles. The van der Waals surface area contributed by atoms with E-state index in [1.807, 2.05) is 32.0 Å². The molecule has 204 valence electrons. The van der Waals surface area contributed by atoms with Crippen molar-refractivity contribution in [2.45, 2.75) is 39.3 Å². The van der Waals surface area contributed by atoms with E-state index in [1.54, 1.807) is 18.2 Å². The van der Waals surface area contributed by atoms with Crippen molar-refractivity contribution in [1.82, 2.24) is 4.98 Å². The number of carbonyl (C=O) groups excluding carboxylic acids is 2. The lowest BCUT2D eigenvalue weighted by Gasteiger charge is -2.25. The molecule has 0 radical (unpaired) electrons. The van der Waals surface area contributed by atoms with Gasteiger partial charge in [0.2, 0.25) is 5.91 Å². The van der Waals surface area contributed by atoms with E-state index in [0.717, 1.165) is 28.6 Å². The van der Waals surface area contributed by atoms with Gasteiger partial charge >= 0.3 is 12.3 Å². The average Bonchev–Trinajstić information content (AvgIpc) is 3.38. The SMILES string of the molecule is Cc1cc(-c2cccc(C(=O)CC(=O)Nc3cc(C(F)(F)F)c(N4CCCC4)cc3NC(=O)O)c2)cc(C)n1. The fourth-order valence-electron chi connectivity index (χ4n) is 4.67. The summed E-state index contributed by atoms with van der Waals surface area (Å²) in [5, 5.41) is 13.6. The standard InChI is InChI=1S/C28H27F3N4O4/c1-16-10-20(11-17(2)32-16)18-6-5-7-19(12-18)25(36)15-26(37)33-22-13-21(28(29,30)31)24(35-8-3-4-9-35)14-23(22)34-27(38)39/h5-7,10-14,34H,3-4,8-9,15H2,1-2H3,(H,33,37)(H,38,39). The smallest absolute Gasteiger partial charge is 0.418 e. The van der Waals surface area contributed by atoms with Crippen LogP contribution in [0.25, 0.3) is 11.1 Å². The molecular formula is C28H27F3N4O4. The topological polar surface area (TPSA) is 112 Å². The van der Waals surface area contributed by atoms with Gasteiger partial charge in [-0.2, -0.15) is 13.2 Å². The monoisotopic (exact) mass is 540 g/mol. The van der Waals surface area contributed by atoms with E-state index < -0.39 is 35.9 Å². The lowest BCUT2D eigenvalue weighted by molar-refractivity contribution is -0.137. The maximum Gasteiger partial charge on any atom is 0.418 e. The Bertz CT molecular complexity index is 1410. The molecular weight excluding hydrogens is 513 g/mol. The molecule has 1 saturated heterocycles. The first-order valence-corrected chi connectivity index (χ1v) is 12.3. The minimum Gasteiger partial charge on any atom is -0.465 e. The Morgan fingerprint density at radius 2 is 1.56 bits per heavy atom. The number of anilines is 3. The molecule has 1 fully saturated rings. The number of halogens is 3. The summed E-state index contributed by atoms with van der Waals surface area (Å²) in [7, 11) is 0. The van der Waals surface area contributed by atoms with Crippen LogP contribution in [0.15, 0.2) is 48.5 Å². The summed E-state index contributed by atoms with van der Waals surface area (Å²) in [5.74, 6) is -1.43. The summed E-state index contributed by atoms with van der Waals surface area (Å²) in [6.07, 6.45) is -5.49. The third-order valence-corrected chi connectivity index (χ3v) is 6.32. The molecule has 0 spiro atoms. The highest BCUT2D eigenvalue weighted by atomic mass is 19.4. The predicted molar refractivity (Wildman–Crippen MR) is 141 cm³/mol. The number of alkyl halides is 3. The Morgan fingerprint density at radius 3 is 2.18 bits per heavy atom. The van der Waals surface area contributed by atoms with Crippen LogP contribution in [0, 0.1) is 13.8 Å². The van der Waals surface area contributed by atoms with Gasteiger partial charge in [-0.1, -0.05) is 18.2 Å². The van der Waals surface area contributed by atoms with E-state index >= 15 is 0 Å². The zero-order valence-corrected chi connectivity index (χ0v) is 21.4. The molecule has 3 N–H and O–H groups in total. The molecule has 0 bridgehead atoms. The van der Waals surface area contributed by atoms with Gasteiger partial charge in [0.05, 0.1) is 29.0 Å². The lowest BCUT2D eigenvalue weighted by Crippen LogP contribution is -2.24. The van der Waals surface area contributed by atoms with Crippen LogP contribution in [0.4, 0.5) is 35.0 Å². The van der Waals surface area contributed by atoms with Crippen molar-refractivity contribution in [1.29, 1.82) is 0 Å². The number of carbonyl (C=O) groups is 3. The number of benzene rings is 2. The van der Waals surface area contributed by atoms with Crippen LogP contribution in [0.5, 0.6) is 0 Å². The highest BCUT2D eigenvalue weighted by Crippen LogP contribution is 2.42. The normalized spacial score (nSPS) is 13.3. The third-order valence-electron chi connectivity index (χ3n) is 6.32. The zero-order chi connectivity index (χ0) is 28.3. The average molecular weight is 541 g/mol. The summed E-state index contributed by atoms with van der Waals surface area (Å²) >= 11 is 0. The van der Waals surface area contributed by atoms with Crippen LogP contribution in [-0.4, -0.2) is 41.0 Å². The van der Waals surface area contributed by atoms with Gasteiger partial charge in [-0.15, -0.1) is 0 Å². The predicted octanol–water partition coefficient (Wildman–Crippen LogP) is 6.29. The molecule has 1 aliphatic rings. The summed E-state index contributed by atoms with van der Waals surface area (Å²) in [6, 6.07) is 12.2. The van der Waals surface area contributed by atoms with Crippen molar-refractivity contribution in [2.75, 3.05) is 28.6 Å². The molecule has 4 rings (SSSR count). The quantitative estimate of drug-likeness (QED) is 0.240. The first-order chi connectivity index (χ1) is 18.4. The Morgan fingerprint density at radius 1 is 0.923 bits per heavy atom. The van der Waals surface area contributed by atoms with Crippen LogP contribution in [0.1, 0.15) is 46.6 Å². The van der Waals surface area contributed by atoms with Crippen molar-refractivity contribution in [3.8, 4) is 11.1 Å². The maximum atomic E-state index is 13.9. The zero-order valence-electron chi connectivity index (χ0n) is 21.4. The molecule has 0 atom stereocenters. The van der Waals surface area contributed by atoms with Gasteiger partial charge in [-0.05, 0) is 68.1 Å². The van der Waals surface area contributed by atoms with Gasteiger partial charge in [-0.25, -0.2) is 4.79 Å². The van der Waals surface area contributed by atoms with Crippen molar-refractivity contribution in [3.63, 3.8) is 0 Å². The lowest BCUT2D eigenvalue weighted by atomic mass is 9.99. The van der Waals surface area contributed by atoms with Crippen LogP contribution < -0.4 is 15.5 Å². The maximum absolute atomic E-state index is 13.9. The van der Waals surface area contributed by atoms with Gasteiger partial charge in [-0.3, -0.25) is 19.9 Å². The molecule has 0 saturated carbocycles. The number of nitrogens with one attached hydrogen (secondary N) is 2. The van der Waals surface area contributed by atoms with Crippen molar-refractivity contribution in [2.24, 2.45) is 0 Å². The largest absolute Gasteiger partial charge is 0.465 e. The number of aromatic nitrogens is 1. The molecule has 2 aromatic carbocycles. The Kier molecular flexibility index (Phi) is 7.89. The summed E-state index contributed by atoms with van der Waals surface area (Å²) in [4.78, 5) is 42.9. The van der Waals surface area contributed by atoms with Crippen LogP contribution in [0.2, 0.25) is 0 Å². The van der Waals surface area contributed by atoms with Crippen LogP contribution in [-0.2, 0) is 11.0 Å². The first kappa shape index (κ1) is 27.6. The van der Waals surface area contributed by atoms with E-state index in [0.29, 0.717) is 32.0 Å². The van der Waals surface area contributed by atoms with Gasteiger partial charge in [0.15, 0.2) is 5.78 Å². The molecule has 11 heteroatoms. The second-order valence-electron chi connectivity index (χ2n) is 9.40. The third kappa shape index (κ3) is 6.73. The number of pyridine rings is 1. The number of hydrogen-bond acceptors (Lipinski definition) is 5. The van der Waals surface area contributed by atoms with E-state index in [2.05, 4.69) is 15.6 Å². The molecule has 1 aromatic heterocycles. The Balaban J connectivity index is 1.59. The Labute approximate surface area is 222 Å². The number of carboxylic acid groups (broad SMARTS) is 1. The van der Waals surface area contributed by atoms with Gasteiger partial charge in [0.1, 0.15) is 0 Å². The molecule has 2 heterocycles. The van der Waals surface area contributed by atoms with Crippen LogP contribution in [0.3, 0.4) is 0 Å². The molecule has 0 unspecified atom stereocenters. The van der Waals surface area contributed by atoms with Crippen molar-refractivity contribution >= 4 is 34.8 Å². The van der Waals surface area contributed by atoms with Gasteiger partial charge in [0, 0.05) is 30.0 Å². The molecule has 8 nitrogen and oxygen atoms in total. The molecule has 2 amide bonds. The van der Waals surface area contributed by atoms with Crippen molar-refractivity contribution in [3.05, 3.63) is 71.0 Å². The fourth-order valence-corrected chi connectivity index (χ4v) is 4.67. The number of ketones is 1. The molecule has 39 heavy (non-hydrogen) atoms. The highest BCUT2D eigenvalue weighted by Gasteiger charge is 2.37. The fraction of sp³-hybridized carbons (Fsp3) is 0.286. The Hall–Kier alpha value is -4.41. The summed E-state index contributed by atoms with van der Waals surface area (Å²) in [5.41, 5.74) is 1.68. The van der Waals surface area contributed by atoms with E-state index in [9.17, 15) is 32.7 Å². The highest BCUT2D eigenvalue weighted by molar-refractivity contribution is 6.12. The van der Waals surface area contributed by atoms with E-state index in [-0.39, 0.29) is 22.6 Å². The van der Waals surface area contributed by atoms with Gasteiger partial charge in [0.25, 0.3) is 0 Å². The second-order valence-corrected chi connectivity index (χ2v) is 9.40. The summed E-state index contributed by atoms with van der Waals surface area (Å²) in [6.45, 7) is 4.50. The number of rotatable bonds is 7. The number of Topliss-reactive ketones (excluding diaryl/α,β-unsaturated/α-hetero) is 1. The first-order valence-electron chi connectivity index (χ1n) is 12.3. The minimum absolute atomic E-state index is 0.170. The minimum atomic E-state index is -4.75. The number of hydrogen-bond donors (Lipinski definition) is 3. The second kappa shape index (κ2) is 11.1. The number of amides is 2. The number of nitrogens with zero attached hydrogens (tertiary/aromatic N) is 2.